The highest BCUT2D eigenvalue weighted by atomic mass is 16.4. The van der Waals surface area contributed by atoms with Gasteiger partial charge in [0.2, 0.25) is 0 Å². The Morgan fingerprint density at radius 3 is 3.00 bits per heavy atom. The minimum atomic E-state index is -0.638. The highest BCUT2D eigenvalue weighted by Crippen LogP contribution is 2.47. The lowest BCUT2D eigenvalue weighted by Gasteiger charge is -2.30. The summed E-state index contributed by atoms with van der Waals surface area (Å²) in [6.07, 6.45) is 5.61. The molecular weight excluding hydrogens is 230 g/mol. The molecule has 3 rings (SSSR count). The van der Waals surface area contributed by atoms with Gasteiger partial charge in [0.1, 0.15) is 5.76 Å². The van der Waals surface area contributed by atoms with E-state index < -0.39 is 5.97 Å². The first-order valence-electron chi connectivity index (χ1n) is 6.76. The Morgan fingerprint density at radius 2 is 2.44 bits per heavy atom. The number of nitrogens with zero attached hydrogens (tertiary/aromatic N) is 1. The maximum atomic E-state index is 11.3. The van der Waals surface area contributed by atoms with E-state index in [0.29, 0.717) is 6.04 Å². The standard InChI is InChI=1S/C14H19NO3/c1-2-11(13-4-3-7-18-13)15-9-5-6-12(15)10(8-9)14(16)17/h3-4,7,9-12H,2,5-6,8H2,1H3,(H,16,17). The molecule has 4 atom stereocenters. The minimum absolute atomic E-state index is 0.187. The summed E-state index contributed by atoms with van der Waals surface area (Å²) in [6, 6.07) is 4.77. The van der Waals surface area contributed by atoms with Crippen LogP contribution < -0.4 is 0 Å². The average molecular weight is 249 g/mol. The second-order valence-corrected chi connectivity index (χ2v) is 5.37. The van der Waals surface area contributed by atoms with E-state index in [1.807, 2.05) is 12.1 Å². The average Bonchev–Trinajstić information content (AvgIpc) is 3.06. The molecule has 3 heterocycles. The van der Waals surface area contributed by atoms with Crippen LogP contribution in [0.2, 0.25) is 0 Å². The Labute approximate surface area is 107 Å². The van der Waals surface area contributed by atoms with Crippen molar-refractivity contribution in [1.29, 1.82) is 0 Å². The van der Waals surface area contributed by atoms with E-state index in [0.717, 1.165) is 31.4 Å². The third-order valence-electron chi connectivity index (χ3n) is 4.53. The Morgan fingerprint density at radius 1 is 1.61 bits per heavy atom. The van der Waals surface area contributed by atoms with Gasteiger partial charge in [0, 0.05) is 12.1 Å². The Kier molecular flexibility index (Phi) is 2.90. The number of hydrogen-bond donors (Lipinski definition) is 1. The maximum Gasteiger partial charge on any atom is 0.308 e. The summed E-state index contributed by atoms with van der Waals surface area (Å²) in [4.78, 5) is 13.7. The lowest BCUT2D eigenvalue weighted by atomic mass is 9.89. The van der Waals surface area contributed by atoms with Crippen molar-refractivity contribution >= 4 is 5.97 Å². The summed E-state index contributed by atoms with van der Waals surface area (Å²) in [7, 11) is 0. The summed E-state index contributed by atoms with van der Waals surface area (Å²) < 4.78 is 5.53. The fraction of sp³-hybridized carbons (Fsp3) is 0.643. The maximum absolute atomic E-state index is 11.3. The van der Waals surface area contributed by atoms with Crippen LogP contribution in [0.25, 0.3) is 0 Å². The van der Waals surface area contributed by atoms with E-state index in [1.165, 1.54) is 0 Å². The molecule has 2 aliphatic heterocycles. The van der Waals surface area contributed by atoms with Gasteiger partial charge in [-0.25, -0.2) is 0 Å². The zero-order valence-corrected chi connectivity index (χ0v) is 10.6. The molecule has 18 heavy (non-hydrogen) atoms. The van der Waals surface area contributed by atoms with Crippen molar-refractivity contribution in [2.24, 2.45) is 5.92 Å². The van der Waals surface area contributed by atoms with Crippen LogP contribution in [0.3, 0.4) is 0 Å². The van der Waals surface area contributed by atoms with Crippen LogP contribution in [-0.4, -0.2) is 28.1 Å². The van der Waals surface area contributed by atoms with Crippen LogP contribution in [0.4, 0.5) is 0 Å². The van der Waals surface area contributed by atoms with Crippen LogP contribution in [-0.2, 0) is 4.79 Å². The van der Waals surface area contributed by atoms with E-state index in [1.54, 1.807) is 6.26 Å². The van der Waals surface area contributed by atoms with Crippen molar-refractivity contribution in [2.75, 3.05) is 0 Å². The lowest BCUT2D eigenvalue weighted by molar-refractivity contribution is -0.142. The molecule has 2 saturated heterocycles. The molecule has 2 bridgehead atoms. The smallest absolute Gasteiger partial charge is 0.308 e. The van der Waals surface area contributed by atoms with Crippen LogP contribution in [0, 0.1) is 5.92 Å². The third-order valence-corrected chi connectivity index (χ3v) is 4.53. The molecule has 4 nitrogen and oxygen atoms in total. The molecule has 0 saturated carbocycles. The third kappa shape index (κ3) is 1.67. The van der Waals surface area contributed by atoms with E-state index in [4.69, 9.17) is 4.42 Å². The molecule has 2 aliphatic rings. The molecule has 2 fully saturated rings. The van der Waals surface area contributed by atoms with Gasteiger partial charge < -0.3 is 9.52 Å². The monoisotopic (exact) mass is 249 g/mol. The lowest BCUT2D eigenvalue weighted by Crippen LogP contribution is -2.35. The first-order valence-corrected chi connectivity index (χ1v) is 6.76. The molecule has 0 aromatic carbocycles. The number of rotatable bonds is 4. The molecular formula is C14H19NO3. The molecule has 4 unspecified atom stereocenters. The van der Waals surface area contributed by atoms with Crippen molar-refractivity contribution in [2.45, 2.75) is 50.7 Å². The fourth-order valence-electron chi connectivity index (χ4n) is 3.82. The van der Waals surface area contributed by atoms with Crippen molar-refractivity contribution in [3.05, 3.63) is 24.2 Å². The van der Waals surface area contributed by atoms with Gasteiger partial charge in [-0.05, 0) is 37.8 Å². The largest absolute Gasteiger partial charge is 0.481 e. The molecule has 1 aromatic heterocycles. The Hall–Kier alpha value is -1.29. The van der Waals surface area contributed by atoms with Gasteiger partial charge in [-0.2, -0.15) is 0 Å². The molecule has 0 spiro atoms. The summed E-state index contributed by atoms with van der Waals surface area (Å²) in [5.41, 5.74) is 0. The van der Waals surface area contributed by atoms with Gasteiger partial charge in [0.15, 0.2) is 0 Å². The quantitative estimate of drug-likeness (QED) is 0.891. The molecule has 0 radical (unpaired) electrons. The molecule has 4 heteroatoms. The second-order valence-electron chi connectivity index (χ2n) is 5.37. The topological polar surface area (TPSA) is 53.7 Å². The van der Waals surface area contributed by atoms with Crippen LogP contribution in [0.5, 0.6) is 0 Å². The van der Waals surface area contributed by atoms with Crippen molar-refractivity contribution < 1.29 is 14.3 Å². The SMILES string of the molecule is CCC(c1ccco1)N1C2CCC1C(C(=O)O)C2. The highest BCUT2D eigenvalue weighted by molar-refractivity contribution is 5.71. The normalized spacial score (nSPS) is 32.8. The Balaban J connectivity index is 1.86. The van der Waals surface area contributed by atoms with Crippen LogP contribution >= 0.6 is 0 Å². The number of fused-ring (bicyclic) bond motifs is 2. The predicted molar refractivity (Wildman–Crippen MR) is 66.1 cm³/mol. The minimum Gasteiger partial charge on any atom is -0.481 e. The van der Waals surface area contributed by atoms with Gasteiger partial charge in [-0.3, -0.25) is 9.69 Å². The molecule has 1 N–H and O–H groups in total. The van der Waals surface area contributed by atoms with Gasteiger partial charge in [-0.15, -0.1) is 0 Å². The van der Waals surface area contributed by atoms with Gasteiger partial charge >= 0.3 is 5.97 Å². The Bertz CT molecular complexity index is 428. The van der Waals surface area contributed by atoms with Gasteiger partial charge in [0.25, 0.3) is 0 Å². The fourth-order valence-corrected chi connectivity index (χ4v) is 3.82. The van der Waals surface area contributed by atoms with Crippen molar-refractivity contribution in [3.63, 3.8) is 0 Å². The highest BCUT2D eigenvalue weighted by Gasteiger charge is 2.51. The zero-order valence-electron chi connectivity index (χ0n) is 10.6. The number of hydrogen-bond acceptors (Lipinski definition) is 3. The van der Waals surface area contributed by atoms with E-state index in [-0.39, 0.29) is 18.0 Å². The number of carbonyl (C=O) groups is 1. The molecule has 0 aliphatic carbocycles. The number of carboxylic acid groups (broad SMARTS) is 1. The van der Waals surface area contributed by atoms with E-state index >= 15 is 0 Å². The number of carboxylic acids is 1. The first kappa shape index (κ1) is 11.8. The summed E-state index contributed by atoms with van der Waals surface area (Å²) >= 11 is 0. The predicted octanol–water partition coefficient (Wildman–Crippen LogP) is 2.67. The van der Waals surface area contributed by atoms with Crippen molar-refractivity contribution in [1.82, 2.24) is 4.90 Å². The van der Waals surface area contributed by atoms with Crippen molar-refractivity contribution in [3.8, 4) is 0 Å². The van der Waals surface area contributed by atoms with Gasteiger partial charge in [0.05, 0.1) is 18.2 Å². The summed E-state index contributed by atoms with van der Waals surface area (Å²) in [5, 5.41) is 9.29. The first-order chi connectivity index (χ1) is 8.72. The zero-order chi connectivity index (χ0) is 12.7. The molecule has 0 amide bonds. The number of aliphatic carboxylic acids is 1. The van der Waals surface area contributed by atoms with E-state index in [9.17, 15) is 9.90 Å². The van der Waals surface area contributed by atoms with Gasteiger partial charge in [-0.1, -0.05) is 6.92 Å². The summed E-state index contributed by atoms with van der Waals surface area (Å²) in [6.45, 7) is 2.14. The van der Waals surface area contributed by atoms with Crippen LogP contribution in [0.1, 0.15) is 44.4 Å². The molecule has 98 valence electrons. The van der Waals surface area contributed by atoms with Crippen LogP contribution in [0.15, 0.2) is 22.8 Å². The molecule has 1 aromatic rings. The second kappa shape index (κ2) is 4.43. The number of furan rings is 1. The summed E-state index contributed by atoms with van der Waals surface area (Å²) in [5.74, 6) is 0.148. The van der Waals surface area contributed by atoms with E-state index in [2.05, 4.69) is 11.8 Å².